The summed E-state index contributed by atoms with van der Waals surface area (Å²) in [6.45, 7) is 4.31. The number of benzene rings is 1. The Balaban J connectivity index is 1.90. The van der Waals surface area contributed by atoms with Gasteiger partial charge in [-0.1, -0.05) is 0 Å². The molecule has 118 valence electrons. The van der Waals surface area contributed by atoms with Crippen molar-refractivity contribution in [3.05, 3.63) is 45.1 Å². The molecule has 0 saturated carbocycles. The van der Waals surface area contributed by atoms with E-state index in [0.717, 1.165) is 35.7 Å². The van der Waals surface area contributed by atoms with Crippen LogP contribution in [0.15, 0.2) is 24.3 Å². The number of aryl methyl sites for hydroxylation is 1. The van der Waals surface area contributed by atoms with Crippen LogP contribution in [0.1, 0.15) is 27.0 Å². The third-order valence-electron chi connectivity index (χ3n) is 4.04. The summed E-state index contributed by atoms with van der Waals surface area (Å²) < 4.78 is 10.9. The summed E-state index contributed by atoms with van der Waals surface area (Å²) >= 11 is 1.80. The fraction of sp³-hybridized carbons (Fsp3) is 0.412. The first-order chi connectivity index (χ1) is 10.6. The van der Waals surface area contributed by atoms with Crippen molar-refractivity contribution in [1.29, 1.82) is 0 Å². The van der Waals surface area contributed by atoms with Crippen molar-refractivity contribution in [2.24, 2.45) is 0 Å². The van der Waals surface area contributed by atoms with E-state index in [1.807, 2.05) is 12.1 Å². The quantitative estimate of drug-likeness (QED) is 0.940. The number of hydrogen-bond acceptors (Lipinski definition) is 5. The first-order valence-corrected chi connectivity index (χ1v) is 8.13. The number of rotatable bonds is 4. The topological polar surface area (TPSA) is 41.9 Å². The molecule has 1 aromatic heterocycles. The lowest BCUT2D eigenvalue weighted by atomic mass is 9.95. The number of nitrogens with zero attached hydrogens (tertiary/aromatic N) is 1. The maximum Gasteiger partial charge on any atom is 0.125 e. The lowest BCUT2D eigenvalue weighted by Gasteiger charge is -2.33. The molecule has 0 bridgehead atoms. The molecule has 1 aliphatic heterocycles. The van der Waals surface area contributed by atoms with Gasteiger partial charge in [0.1, 0.15) is 11.5 Å². The van der Waals surface area contributed by atoms with Gasteiger partial charge < -0.3 is 14.6 Å². The maximum absolute atomic E-state index is 10.6. The molecular weight excluding hydrogens is 298 g/mol. The van der Waals surface area contributed by atoms with Crippen LogP contribution in [0.5, 0.6) is 11.5 Å². The second-order valence-corrected chi connectivity index (χ2v) is 6.93. The Morgan fingerprint density at radius 3 is 2.55 bits per heavy atom. The normalized spacial score (nSPS) is 18.1. The lowest BCUT2D eigenvalue weighted by molar-refractivity contribution is 0.0849. The zero-order valence-electron chi connectivity index (χ0n) is 13.1. The van der Waals surface area contributed by atoms with E-state index in [4.69, 9.17) is 9.47 Å². The van der Waals surface area contributed by atoms with Crippen LogP contribution in [0.4, 0.5) is 0 Å². The van der Waals surface area contributed by atoms with Gasteiger partial charge in [-0.3, -0.25) is 4.90 Å². The summed E-state index contributed by atoms with van der Waals surface area (Å²) in [5.41, 5.74) is 1.88. The Labute approximate surface area is 134 Å². The third kappa shape index (κ3) is 2.84. The van der Waals surface area contributed by atoms with Crippen LogP contribution in [-0.2, 0) is 13.1 Å². The molecule has 0 amide bonds. The van der Waals surface area contributed by atoms with Crippen molar-refractivity contribution < 1.29 is 14.6 Å². The second kappa shape index (κ2) is 6.28. The largest absolute Gasteiger partial charge is 0.496 e. The molecule has 0 spiro atoms. The zero-order valence-corrected chi connectivity index (χ0v) is 13.9. The van der Waals surface area contributed by atoms with E-state index in [9.17, 15) is 5.11 Å². The van der Waals surface area contributed by atoms with Gasteiger partial charge in [-0.25, -0.2) is 0 Å². The molecule has 1 aromatic carbocycles. The molecule has 0 fully saturated rings. The second-order valence-electron chi connectivity index (χ2n) is 5.56. The van der Waals surface area contributed by atoms with Crippen molar-refractivity contribution in [3.8, 4) is 11.5 Å². The van der Waals surface area contributed by atoms with Crippen molar-refractivity contribution in [2.45, 2.75) is 26.1 Å². The van der Waals surface area contributed by atoms with Crippen molar-refractivity contribution in [2.75, 3.05) is 20.8 Å². The van der Waals surface area contributed by atoms with E-state index >= 15 is 0 Å². The molecule has 1 atom stereocenters. The van der Waals surface area contributed by atoms with E-state index in [0.29, 0.717) is 6.54 Å². The van der Waals surface area contributed by atoms with Crippen molar-refractivity contribution in [1.82, 2.24) is 4.90 Å². The molecule has 2 heterocycles. The Morgan fingerprint density at radius 1 is 1.18 bits per heavy atom. The maximum atomic E-state index is 10.6. The van der Waals surface area contributed by atoms with Crippen LogP contribution in [0, 0.1) is 6.92 Å². The van der Waals surface area contributed by atoms with E-state index in [1.54, 1.807) is 25.6 Å². The van der Waals surface area contributed by atoms with Gasteiger partial charge in [0, 0.05) is 40.5 Å². The highest BCUT2D eigenvalue weighted by atomic mass is 32.1. The molecule has 22 heavy (non-hydrogen) atoms. The van der Waals surface area contributed by atoms with Crippen LogP contribution in [0.25, 0.3) is 0 Å². The Morgan fingerprint density at radius 2 is 1.91 bits per heavy atom. The summed E-state index contributed by atoms with van der Waals surface area (Å²) in [6, 6.07) is 8.06. The molecule has 5 heteroatoms. The number of aliphatic hydroxyl groups excluding tert-OH is 1. The van der Waals surface area contributed by atoms with Crippen LogP contribution < -0.4 is 9.47 Å². The number of thiophene rings is 1. The number of aliphatic hydroxyl groups is 1. The number of fused-ring (bicyclic) bond motifs is 1. The Kier molecular flexibility index (Phi) is 4.38. The van der Waals surface area contributed by atoms with E-state index in [2.05, 4.69) is 24.0 Å². The van der Waals surface area contributed by atoms with Crippen LogP contribution in [-0.4, -0.2) is 30.8 Å². The van der Waals surface area contributed by atoms with Crippen molar-refractivity contribution >= 4 is 11.3 Å². The molecular formula is C17H21NO3S. The van der Waals surface area contributed by atoms with Crippen LogP contribution >= 0.6 is 11.3 Å². The molecule has 1 unspecified atom stereocenters. The van der Waals surface area contributed by atoms with Gasteiger partial charge in [-0.2, -0.15) is 0 Å². The minimum Gasteiger partial charge on any atom is -0.496 e. The molecule has 0 aliphatic carbocycles. The number of ether oxygens (including phenoxy) is 2. The summed E-state index contributed by atoms with van der Waals surface area (Å²) in [6.07, 6.45) is -0.560. The van der Waals surface area contributed by atoms with Gasteiger partial charge in [-0.05, 0) is 31.2 Å². The molecule has 4 nitrogen and oxygen atoms in total. The van der Waals surface area contributed by atoms with Gasteiger partial charge in [0.25, 0.3) is 0 Å². The molecule has 0 saturated heterocycles. The Bertz CT molecular complexity index is 668. The molecule has 0 radical (unpaired) electrons. The fourth-order valence-corrected chi connectivity index (χ4v) is 3.99. The minimum atomic E-state index is -0.560. The summed E-state index contributed by atoms with van der Waals surface area (Å²) in [5.74, 6) is 1.54. The first kappa shape index (κ1) is 15.3. The molecule has 2 aromatic rings. The minimum absolute atomic E-state index is 0.560. The highest BCUT2D eigenvalue weighted by Crippen LogP contribution is 2.39. The van der Waals surface area contributed by atoms with Gasteiger partial charge in [-0.15, -0.1) is 11.3 Å². The standard InChI is InChI=1S/C17H21NO3S/c1-11-4-5-12(22-11)8-18-9-13-15(20-2)6-7-16(21-3)17(13)14(19)10-18/h4-7,14,19H,8-10H2,1-3H3. The van der Waals surface area contributed by atoms with E-state index < -0.39 is 6.10 Å². The van der Waals surface area contributed by atoms with Crippen molar-refractivity contribution in [3.63, 3.8) is 0 Å². The van der Waals surface area contributed by atoms with E-state index in [-0.39, 0.29) is 0 Å². The van der Waals surface area contributed by atoms with Gasteiger partial charge >= 0.3 is 0 Å². The Hall–Kier alpha value is -1.56. The number of hydrogen-bond donors (Lipinski definition) is 1. The zero-order chi connectivity index (χ0) is 15.7. The summed E-state index contributed by atoms with van der Waals surface area (Å²) in [5, 5.41) is 10.6. The fourth-order valence-electron chi connectivity index (χ4n) is 3.06. The monoisotopic (exact) mass is 319 g/mol. The van der Waals surface area contributed by atoms with Crippen LogP contribution in [0.2, 0.25) is 0 Å². The third-order valence-corrected chi connectivity index (χ3v) is 5.02. The number of methoxy groups -OCH3 is 2. The van der Waals surface area contributed by atoms with Gasteiger partial charge in [0.2, 0.25) is 0 Å². The smallest absolute Gasteiger partial charge is 0.125 e. The van der Waals surface area contributed by atoms with Gasteiger partial charge in [0.15, 0.2) is 0 Å². The van der Waals surface area contributed by atoms with Gasteiger partial charge in [0.05, 0.1) is 20.3 Å². The first-order valence-electron chi connectivity index (χ1n) is 7.32. The highest BCUT2D eigenvalue weighted by molar-refractivity contribution is 7.11. The summed E-state index contributed by atoms with van der Waals surface area (Å²) in [7, 11) is 3.30. The average molecular weight is 319 g/mol. The molecule has 1 aliphatic rings. The molecule has 1 N–H and O–H groups in total. The van der Waals surface area contributed by atoms with Crippen LogP contribution in [0.3, 0.4) is 0 Å². The van der Waals surface area contributed by atoms with E-state index in [1.165, 1.54) is 9.75 Å². The highest BCUT2D eigenvalue weighted by Gasteiger charge is 2.29. The number of β-amino-alcohol motifs (C(OH)–C–C–N with tert-alkyl or cyclic N) is 1. The molecule has 3 rings (SSSR count). The SMILES string of the molecule is COc1ccc(OC)c2c1CN(Cc1ccc(C)s1)CC2O. The average Bonchev–Trinajstić information content (AvgIpc) is 2.91. The lowest BCUT2D eigenvalue weighted by Crippen LogP contribution is -2.33. The predicted octanol–water partition coefficient (Wildman–Crippen LogP) is 3.12. The summed E-state index contributed by atoms with van der Waals surface area (Å²) in [4.78, 5) is 4.88. The predicted molar refractivity (Wildman–Crippen MR) is 87.7 cm³/mol.